The molecular formula is C15H22N2O2. The van der Waals surface area contributed by atoms with Crippen molar-refractivity contribution < 1.29 is 9.47 Å². The van der Waals surface area contributed by atoms with Crippen molar-refractivity contribution in [2.24, 2.45) is 0 Å². The SMILES string of the molecule is CCC1CN(c2ccc(C)c3c2OCCO3)CCN1. The van der Waals surface area contributed by atoms with Crippen molar-refractivity contribution in [3.63, 3.8) is 0 Å². The molecule has 2 heterocycles. The van der Waals surface area contributed by atoms with Crippen LogP contribution >= 0.6 is 0 Å². The Bertz CT molecular complexity index is 462. The molecule has 1 saturated heterocycles. The zero-order chi connectivity index (χ0) is 13.2. The van der Waals surface area contributed by atoms with E-state index in [0.29, 0.717) is 19.3 Å². The van der Waals surface area contributed by atoms with Gasteiger partial charge in [-0.15, -0.1) is 0 Å². The van der Waals surface area contributed by atoms with Gasteiger partial charge < -0.3 is 19.7 Å². The Hall–Kier alpha value is -1.42. The highest BCUT2D eigenvalue weighted by Gasteiger charge is 2.25. The highest BCUT2D eigenvalue weighted by Crippen LogP contribution is 2.42. The fraction of sp³-hybridized carbons (Fsp3) is 0.600. The van der Waals surface area contributed by atoms with Crippen molar-refractivity contribution in [2.75, 3.05) is 37.7 Å². The number of benzene rings is 1. The molecule has 4 nitrogen and oxygen atoms in total. The van der Waals surface area contributed by atoms with Gasteiger partial charge in [-0.1, -0.05) is 13.0 Å². The van der Waals surface area contributed by atoms with Gasteiger partial charge in [0, 0.05) is 25.7 Å². The van der Waals surface area contributed by atoms with Gasteiger partial charge in [0.25, 0.3) is 0 Å². The quantitative estimate of drug-likeness (QED) is 0.883. The normalized spacial score (nSPS) is 22.4. The summed E-state index contributed by atoms with van der Waals surface area (Å²) in [5, 5.41) is 3.55. The summed E-state index contributed by atoms with van der Waals surface area (Å²) in [7, 11) is 0. The van der Waals surface area contributed by atoms with Crippen molar-refractivity contribution >= 4 is 5.69 Å². The number of hydrogen-bond acceptors (Lipinski definition) is 4. The summed E-state index contributed by atoms with van der Waals surface area (Å²) >= 11 is 0. The molecule has 0 aliphatic carbocycles. The maximum Gasteiger partial charge on any atom is 0.184 e. The van der Waals surface area contributed by atoms with Crippen LogP contribution in [0.5, 0.6) is 11.5 Å². The molecule has 0 spiro atoms. The van der Waals surface area contributed by atoms with Crippen molar-refractivity contribution in [2.45, 2.75) is 26.3 Å². The smallest absolute Gasteiger partial charge is 0.184 e. The topological polar surface area (TPSA) is 33.7 Å². The molecule has 4 heteroatoms. The van der Waals surface area contributed by atoms with Gasteiger partial charge in [0.1, 0.15) is 13.2 Å². The Balaban J connectivity index is 1.92. The first-order chi connectivity index (χ1) is 9.29. The largest absolute Gasteiger partial charge is 0.486 e. The molecule has 0 radical (unpaired) electrons. The van der Waals surface area contributed by atoms with Gasteiger partial charge in [0.15, 0.2) is 11.5 Å². The molecule has 2 aliphatic heterocycles. The fourth-order valence-corrected chi connectivity index (χ4v) is 2.82. The highest BCUT2D eigenvalue weighted by atomic mass is 16.6. The van der Waals surface area contributed by atoms with Crippen LogP contribution in [0.25, 0.3) is 0 Å². The Labute approximate surface area is 114 Å². The zero-order valence-corrected chi connectivity index (χ0v) is 11.7. The summed E-state index contributed by atoms with van der Waals surface area (Å²) in [6.45, 7) is 8.69. The lowest BCUT2D eigenvalue weighted by atomic mass is 10.1. The highest BCUT2D eigenvalue weighted by molar-refractivity contribution is 5.67. The first-order valence-electron chi connectivity index (χ1n) is 7.17. The Morgan fingerprint density at radius 3 is 2.84 bits per heavy atom. The molecule has 1 fully saturated rings. The van der Waals surface area contributed by atoms with E-state index in [4.69, 9.17) is 9.47 Å². The van der Waals surface area contributed by atoms with Crippen molar-refractivity contribution in [1.29, 1.82) is 0 Å². The monoisotopic (exact) mass is 262 g/mol. The van der Waals surface area contributed by atoms with E-state index in [1.807, 2.05) is 0 Å². The van der Waals surface area contributed by atoms with Crippen LogP contribution < -0.4 is 19.7 Å². The summed E-state index contributed by atoms with van der Waals surface area (Å²) in [6.07, 6.45) is 1.15. The molecule has 104 valence electrons. The second-order valence-electron chi connectivity index (χ2n) is 5.26. The molecule has 0 bridgehead atoms. The maximum atomic E-state index is 5.87. The number of piperazine rings is 1. The van der Waals surface area contributed by atoms with Crippen LogP contribution in [-0.2, 0) is 0 Å². The standard InChI is InChI=1S/C15H22N2O2/c1-3-12-10-17(7-6-16-12)13-5-4-11(2)14-15(13)19-9-8-18-14/h4-5,12,16H,3,6-10H2,1-2H3. The molecule has 2 aliphatic rings. The van der Waals surface area contributed by atoms with E-state index >= 15 is 0 Å². The fourth-order valence-electron chi connectivity index (χ4n) is 2.82. The Kier molecular flexibility index (Phi) is 3.51. The van der Waals surface area contributed by atoms with E-state index in [2.05, 4.69) is 36.2 Å². The zero-order valence-electron chi connectivity index (χ0n) is 11.7. The van der Waals surface area contributed by atoms with Gasteiger partial charge in [-0.25, -0.2) is 0 Å². The van der Waals surface area contributed by atoms with Crippen molar-refractivity contribution in [3.05, 3.63) is 17.7 Å². The number of hydrogen-bond donors (Lipinski definition) is 1. The third kappa shape index (κ3) is 2.37. The van der Waals surface area contributed by atoms with Gasteiger partial charge in [0.05, 0.1) is 5.69 Å². The Morgan fingerprint density at radius 2 is 2.05 bits per heavy atom. The van der Waals surface area contributed by atoms with E-state index in [0.717, 1.165) is 43.1 Å². The predicted molar refractivity (Wildman–Crippen MR) is 76.5 cm³/mol. The second-order valence-corrected chi connectivity index (χ2v) is 5.26. The van der Waals surface area contributed by atoms with Gasteiger partial charge in [-0.3, -0.25) is 0 Å². The second kappa shape index (κ2) is 5.29. The maximum absolute atomic E-state index is 5.87. The van der Waals surface area contributed by atoms with Crippen LogP contribution in [-0.4, -0.2) is 38.9 Å². The lowest BCUT2D eigenvalue weighted by Gasteiger charge is -2.36. The molecule has 1 atom stereocenters. The number of anilines is 1. The van der Waals surface area contributed by atoms with Crippen LogP contribution in [0.4, 0.5) is 5.69 Å². The minimum atomic E-state index is 0.565. The van der Waals surface area contributed by atoms with Crippen molar-refractivity contribution in [3.8, 4) is 11.5 Å². The summed E-state index contributed by atoms with van der Waals surface area (Å²) in [6, 6.07) is 4.86. The number of aryl methyl sites for hydroxylation is 1. The summed E-state index contributed by atoms with van der Waals surface area (Å²) in [5.41, 5.74) is 2.33. The molecule has 0 amide bonds. The lowest BCUT2D eigenvalue weighted by molar-refractivity contribution is 0.170. The Morgan fingerprint density at radius 1 is 1.26 bits per heavy atom. The van der Waals surface area contributed by atoms with Crippen molar-refractivity contribution in [1.82, 2.24) is 5.32 Å². The van der Waals surface area contributed by atoms with Gasteiger partial charge in [-0.2, -0.15) is 0 Å². The minimum Gasteiger partial charge on any atom is -0.486 e. The van der Waals surface area contributed by atoms with E-state index in [9.17, 15) is 0 Å². The lowest BCUT2D eigenvalue weighted by Crippen LogP contribution is -2.50. The first-order valence-corrected chi connectivity index (χ1v) is 7.17. The molecule has 1 unspecified atom stereocenters. The number of nitrogens with zero attached hydrogens (tertiary/aromatic N) is 1. The van der Waals surface area contributed by atoms with Gasteiger partial charge >= 0.3 is 0 Å². The molecule has 19 heavy (non-hydrogen) atoms. The van der Waals surface area contributed by atoms with Crippen LogP contribution in [0.1, 0.15) is 18.9 Å². The summed E-state index contributed by atoms with van der Waals surface area (Å²) < 4.78 is 11.6. The minimum absolute atomic E-state index is 0.565. The molecule has 1 N–H and O–H groups in total. The van der Waals surface area contributed by atoms with Crippen LogP contribution in [0.3, 0.4) is 0 Å². The average molecular weight is 262 g/mol. The van der Waals surface area contributed by atoms with Gasteiger partial charge in [0.2, 0.25) is 0 Å². The van der Waals surface area contributed by atoms with Crippen LogP contribution in [0.15, 0.2) is 12.1 Å². The number of fused-ring (bicyclic) bond motifs is 1. The molecule has 1 aromatic rings. The predicted octanol–water partition coefficient (Wildman–Crippen LogP) is 1.95. The summed E-state index contributed by atoms with van der Waals surface area (Å²) in [5.74, 6) is 1.86. The molecule has 0 saturated carbocycles. The molecule has 1 aromatic carbocycles. The first kappa shape index (κ1) is 12.6. The molecule has 0 aromatic heterocycles. The van der Waals surface area contributed by atoms with Crippen LogP contribution in [0.2, 0.25) is 0 Å². The number of nitrogens with one attached hydrogen (secondary N) is 1. The number of ether oxygens (including phenoxy) is 2. The van der Waals surface area contributed by atoms with E-state index in [1.165, 1.54) is 5.69 Å². The molecule has 3 rings (SSSR count). The number of rotatable bonds is 2. The van der Waals surface area contributed by atoms with Crippen LogP contribution in [0, 0.1) is 6.92 Å². The molecular weight excluding hydrogens is 240 g/mol. The third-order valence-electron chi connectivity index (χ3n) is 3.95. The average Bonchev–Trinajstić information content (AvgIpc) is 2.48. The van der Waals surface area contributed by atoms with Gasteiger partial charge in [-0.05, 0) is 25.0 Å². The third-order valence-corrected chi connectivity index (χ3v) is 3.95. The van der Waals surface area contributed by atoms with E-state index in [-0.39, 0.29) is 0 Å². The van der Waals surface area contributed by atoms with E-state index in [1.54, 1.807) is 0 Å². The van der Waals surface area contributed by atoms with E-state index < -0.39 is 0 Å². The summed E-state index contributed by atoms with van der Waals surface area (Å²) in [4.78, 5) is 2.41.